The predicted octanol–water partition coefficient (Wildman–Crippen LogP) is 1.40. The van der Waals surface area contributed by atoms with E-state index in [4.69, 9.17) is 0 Å². The van der Waals surface area contributed by atoms with Crippen LogP contribution in [0.4, 0.5) is 5.82 Å². The third-order valence-electron chi connectivity index (χ3n) is 3.78. The molecule has 20 heavy (non-hydrogen) atoms. The molecule has 2 aromatic heterocycles. The van der Waals surface area contributed by atoms with Crippen LogP contribution in [0.15, 0.2) is 30.6 Å². The van der Waals surface area contributed by atoms with Crippen molar-refractivity contribution in [2.75, 3.05) is 18.4 Å². The molecular weight excluding hydrogens is 254 g/mol. The van der Waals surface area contributed by atoms with Crippen LogP contribution in [-0.2, 0) is 7.05 Å². The summed E-state index contributed by atoms with van der Waals surface area (Å²) in [6, 6.07) is 5.99. The molecular formula is C14H19N5O. The highest BCUT2D eigenvalue weighted by atomic mass is 16.2. The van der Waals surface area contributed by atoms with Crippen molar-refractivity contribution >= 4 is 11.7 Å². The number of rotatable bonds is 3. The number of hydrogen-bond acceptors (Lipinski definition) is 3. The summed E-state index contributed by atoms with van der Waals surface area (Å²) in [5.74, 6) is 0.616. The number of nitrogens with zero attached hydrogens (tertiary/aromatic N) is 3. The number of hydrogen-bond donors (Lipinski definition) is 2. The molecule has 3 heterocycles. The van der Waals surface area contributed by atoms with Gasteiger partial charge in [0.1, 0.15) is 11.5 Å². The first-order valence-electron chi connectivity index (χ1n) is 6.92. The second kappa shape index (κ2) is 5.50. The molecule has 1 amide bonds. The fourth-order valence-corrected chi connectivity index (χ4v) is 2.67. The van der Waals surface area contributed by atoms with E-state index in [0.717, 1.165) is 25.9 Å². The zero-order valence-electron chi connectivity index (χ0n) is 11.5. The van der Waals surface area contributed by atoms with E-state index in [1.807, 2.05) is 25.4 Å². The molecule has 3 rings (SSSR count). The minimum Gasteiger partial charge on any atom is -0.340 e. The van der Waals surface area contributed by atoms with Gasteiger partial charge in [0.25, 0.3) is 5.91 Å². The maximum atomic E-state index is 12.4. The Morgan fingerprint density at radius 3 is 2.90 bits per heavy atom. The van der Waals surface area contributed by atoms with Crippen LogP contribution >= 0.6 is 0 Å². The highest BCUT2D eigenvalue weighted by Crippen LogP contribution is 2.21. The Bertz CT molecular complexity index is 594. The van der Waals surface area contributed by atoms with Gasteiger partial charge in [-0.05, 0) is 38.1 Å². The van der Waals surface area contributed by atoms with Crippen LogP contribution in [0.3, 0.4) is 0 Å². The second-order valence-electron chi connectivity index (χ2n) is 5.08. The molecule has 0 unspecified atom stereocenters. The van der Waals surface area contributed by atoms with Gasteiger partial charge in [0, 0.05) is 25.4 Å². The average Bonchev–Trinajstić information content (AvgIpc) is 3.09. The molecule has 1 aliphatic heterocycles. The number of piperidine rings is 1. The van der Waals surface area contributed by atoms with Crippen LogP contribution in [0.1, 0.15) is 29.4 Å². The smallest absolute Gasteiger partial charge is 0.273 e. The van der Waals surface area contributed by atoms with Crippen molar-refractivity contribution < 1.29 is 4.79 Å². The van der Waals surface area contributed by atoms with Crippen LogP contribution in [0, 0.1) is 0 Å². The minimum atomic E-state index is -0.0860. The maximum Gasteiger partial charge on any atom is 0.273 e. The third-order valence-corrected chi connectivity index (χ3v) is 3.78. The SMILES string of the molecule is Cn1nccc1NC(=O)c1cccn1C1CCNCC1. The number of aromatic nitrogens is 3. The fraction of sp³-hybridized carbons (Fsp3) is 0.429. The van der Waals surface area contributed by atoms with Gasteiger partial charge >= 0.3 is 0 Å². The Morgan fingerprint density at radius 1 is 1.40 bits per heavy atom. The van der Waals surface area contributed by atoms with Crippen molar-refractivity contribution in [1.82, 2.24) is 19.7 Å². The van der Waals surface area contributed by atoms with Crippen molar-refractivity contribution in [1.29, 1.82) is 0 Å². The first-order chi connectivity index (χ1) is 9.75. The molecule has 0 aromatic carbocycles. The van der Waals surface area contributed by atoms with E-state index in [2.05, 4.69) is 20.3 Å². The van der Waals surface area contributed by atoms with Gasteiger partial charge in [-0.2, -0.15) is 5.10 Å². The predicted molar refractivity (Wildman–Crippen MR) is 76.7 cm³/mol. The summed E-state index contributed by atoms with van der Waals surface area (Å²) in [4.78, 5) is 12.4. The van der Waals surface area contributed by atoms with Crippen LogP contribution in [0.2, 0.25) is 0 Å². The molecule has 1 fully saturated rings. The first-order valence-corrected chi connectivity index (χ1v) is 6.92. The number of amides is 1. The topological polar surface area (TPSA) is 63.9 Å². The van der Waals surface area contributed by atoms with Gasteiger partial charge in [0.2, 0.25) is 0 Å². The Hall–Kier alpha value is -2.08. The molecule has 0 radical (unpaired) electrons. The number of anilines is 1. The largest absolute Gasteiger partial charge is 0.340 e. The summed E-state index contributed by atoms with van der Waals surface area (Å²) in [5.41, 5.74) is 0.707. The molecule has 6 heteroatoms. The van der Waals surface area contributed by atoms with E-state index in [-0.39, 0.29) is 5.91 Å². The van der Waals surface area contributed by atoms with E-state index in [1.165, 1.54) is 0 Å². The van der Waals surface area contributed by atoms with E-state index in [1.54, 1.807) is 16.9 Å². The zero-order valence-corrected chi connectivity index (χ0v) is 11.5. The Balaban J connectivity index is 1.78. The van der Waals surface area contributed by atoms with Crippen LogP contribution in [0.25, 0.3) is 0 Å². The fourth-order valence-electron chi connectivity index (χ4n) is 2.67. The highest BCUT2D eigenvalue weighted by Gasteiger charge is 2.20. The summed E-state index contributed by atoms with van der Waals surface area (Å²) in [6.45, 7) is 2.01. The van der Waals surface area contributed by atoms with E-state index in [0.29, 0.717) is 17.6 Å². The lowest BCUT2D eigenvalue weighted by Gasteiger charge is -2.25. The lowest BCUT2D eigenvalue weighted by molar-refractivity contribution is 0.101. The number of carbonyl (C=O) groups excluding carboxylic acids is 1. The van der Waals surface area contributed by atoms with Gasteiger partial charge in [0.05, 0.1) is 6.20 Å². The minimum absolute atomic E-state index is 0.0860. The van der Waals surface area contributed by atoms with Crippen molar-refractivity contribution in [3.05, 3.63) is 36.3 Å². The van der Waals surface area contributed by atoms with Crippen molar-refractivity contribution in [2.24, 2.45) is 7.05 Å². The van der Waals surface area contributed by atoms with E-state index in [9.17, 15) is 4.79 Å². The summed E-state index contributed by atoms with van der Waals surface area (Å²) >= 11 is 0. The number of carbonyl (C=O) groups is 1. The Labute approximate surface area is 117 Å². The highest BCUT2D eigenvalue weighted by molar-refractivity contribution is 6.02. The number of aryl methyl sites for hydroxylation is 1. The molecule has 0 saturated carbocycles. The van der Waals surface area contributed by atoms with Gasteiger partial charge < -0.3 is 15.2 Å². The van der Waals surface area contributed by atoms with Gasteiger partial charge in [-0.3, -0.25) is 9.48 Å². The van der Waals surface area contributed by atoms with Gasteiger partial charge in [0.15, 0.2) is 0 Å². The number of nitrogens with one attached hydrogen (secondary N) is 2. The molecule has 2 N–H and O–H groups in total. The van der Waals surface area contributed by atoms with Crippen LogP contribution in [0.5, 0.6) is 0 Å². The average molecular weight is 273 g/mol. The summed E-state index contributed by atoms with van der Waals surface area (Å²) in [7, 11) is 1.81. The Morgan fingerprint density at radius 2 is 2.20 bits per heavy atom. The summed E-state index contributed by atoms with van der Waals surface area (Å²) < 4.78 is 3.74. The molecule has 1 saturated heterocycles. The molecule has 2 aromatic rings. The normalized spacial score (nSPS) is 16.2. The van der Waals surface area contributed by atoms with E-state index < -0.39 is 0 Å². The van der Waals surface area contributed by atoms with Crippen LogP contribution < -0.4 is 10.6 Å². The van der Waals surface area contributed by atoms with E-state index >= 15 is 0 Å². The summed E-state index contributed by atoms with van der Waals surface area (Å²) in [6.07, 6.45) is 5.77. The summed E-state index contributed by atoms with van der Waals surface area (Å²) in [5, 5.41) is 10.3. The molecule has 0 spiro atoms. The molecule has 0 aliphatic carbocycles. The van der Waals surface area contributed by atoms with Gasteiger partial charge in [-0.1, -0.05) is 0 Å². The van der Waals surface area contributed by atoms with Gasteiger partial charge in [-0.25, -0.2) is 0 Å². The molecule has 1 aliphatic rings. The first kappa shape index (κ1) is 12.9. The molecule has 6 nitrogen and oxygen atoms in total. The monoisotopic (exact) mass is 273 g/mol. The molecule has 0 bridgehead atoms. The van der Waals surface area contributed by atoms with Crippen molar-refractivity contribution in [3.8, 4) is 0 Å². The zero-order chi connectivity index (χ0) is 13.9. The second-order valence-corrected chi connectivity index (χ2v) is 5.08. The molecule has 106 valence electrons. The standard InChI is InChI=1S/C14H19N5O/c1-18-13(6-9-16-18)17-14(20)12-3-2-10-19(12)11-4-7-15-8-5-11/h2-3,6,9-11,15H,4-5,7-8H2,1H3,(H,17,20). The molecule has 0 atom stereocenters. The van der Waals surface area contributed by atoms with Crippen molar-refractivity contribution in [3.63, 3.8) is 0 Å². The maximum absolute atomic E-state index is 12.4. The lowest BCUT2D eigenvalue weighted by Crippen LogP contribution is -2.31. The quantitative estimate of drug-likeness (QED) is 0.888. The lowest BCUT2D eigenvalue weighted by atomic mass is 10.1. The van der Waals surface area contributed by atoms with Crippen molar-refractivity contribution in [2.45, 2.75) is 18.9 Å². The Kier molecular flexibility index (Phi) is 3.56. The van der Waals surface area contributed by atoms with Gasteiger partial charge in [-0.15, -0.1) is 0 Å². The van der Waals surface area contributed by atoms with Crippen LogP contribution in [-0.4, -0.2) is 33.3 Å². The third kappa shape index (κ3) is 2.46.